The molecule has 1 N–H and O–H groups in total. The summed E-state index contributed by atoms with van der Waals surface area (Å²) in [5.41, 5.74) is 3.99. The van der Waals surface area contributed by atoms with Crippen LogP contribution in [0, 0.1) is 0 Å². The van der Waals surface area contributed by atoms with Crippen LogP contribution in [0.2, 0.25) is 0 Å². The molecule has 4 aromatic carbocycles. The summed E-state index contributed by atoms with van der Waals surface area (Å²) in [6, 6.07) is 25.5. The Balaban J connectivity index is 1.26. The summed E-state index contributed by atoms with van der Waals surface area (Å²) in [7, 11) is 0. The number of carbonyl (C=O) groups excluding carboxylic acids is 4. The minimum atomic E-state index is -0.789. The maximum Gasteiger partial charge on any atom is 0.343 e. The van der Waals surface area contributed by atoms with Gasteiger partial charge in [-0.1, -0.05) is 67.0 Å². The predicted molar refractivity (Wildman–Crippen MR) is 243 cm³/mol. The van der Waals surface area contributed by atoms with Gasteiger partial charge >= 0.3 is 23.9 Å². The second-order valence-corrected chi connectivity index (χ2v) is 17.2. The molecule has 1 heterocycles. The van der Waals surface area contributed by atoms with Crippen LogP contribution in [0.5, 0.6) is 11.5 Å². The van der Waals surface area contributed by atoms with Crippen molar-refractivity contribution in [1.82, 2.24) is 4.98 Å². The highest BCUT2D eigenvalue weighted by molar-refractivity contribution is 7.22. The average molecular weight is 856 g/mol. The number of rotatable bonds is 17. The maximum absolute atomic E-state index is 13.3. The Morgan fingerprint density at radius 1 is 0.726 bits per heavy atom. The molecular formula is C49H49N3O9S. The fraction of sp³-hybridized carbons (Fsp3) is 0.224. The van der Waals surface area contributed by atoms with E-state index in [1.165, 1.54) is 41.8 Å². The smallest absolute Gasteiger partial charge is 0.343 e. The van der Waals surface area contributed by atoms with Crippen LogP contribution in [0.15, 0.2) is 133 Å². The standard InChI is InChI=1S/C49H49N3O9S/c1-10-42(53)61-49(8,9)31-48(6,7)59-32(2)15-16-33-17-22-35(23-18-33)44(55)57-38-26-27-40(37(29-38)30-50-52-46-51-39-13-11-12-14-41(39)62-46)58-45(56)36-24-19-34(20-25-36)21-28-43(54)60-47(3,4)5/h10-30H,1-2,31H2,3-9H3,(H,51,52)/b16-15+,28-21+,50-30+. The molecule has 5 aromatic rings. The van der Waals surface area contributed by atoms with Gasteiger partial charge in [0.25, 0.3) is 0 Å². The lowest BCUT2D eigenvalue weighted by Crippen LogP contribution is -2.38. The first-order valence-electron chi connectivity index (χ1n) is 19.5. The van der Waals surface area contributed by atoms with Gasteiger partial charge < -0.3 is 23.7 Å². The minimum absolute atomic E-state index is 0.156. The molecule has 0 aliphatic rings. The predicted octanol–water partition coefficient (Wildman–Crippen LogP) is 10.8. The summed E-state index contributed by atoms with van der Waals surface area (Å²) >= 11 is 1.42. The number of anilines is 1. The summed E-state index contributed by atoms with van der Waals surface area (Å²) in [6.07, 6.45) is 9.39. The first-order chi connectivity index (χ1) is 29.3. The lowest BCUT2D eigenvalue weighted by Gasteiger charge is -2.34. The molecule has 13 heteroatoms. The Labute approximate surface area is 365 Å². The molecule has 1 aromatic heterocycles. The average Bonchev–Trinajstić information content (AvgIpc) is 3.62. The van der Waals surface area contributed by atoms with Crippen LogP contribution in [0.4, 0.5) is 5.13 Å². The number of nitrogens with one attached hydrogen (secondary N) is 1. The molecule has 0 radical (unpaired) electrons. The number of hydrogen-bond acceptors (Lipinski definition) is 13. The third kappa shape index (κ3) is 14.3. The Kier molecular flexibility index (Phi) is 14.8. The first kappa shape index (κ1) is 46.0. The van der Waals surface area contributed by atoms with E-state index in [0.29, 0.717) is 34.0 Å². The van der Waals surface area contributed by atoms with Crippen LogP contribution in [0.1, 0.15) is 92.3 Å². The number of nitrogens with zero attached hydrogens (tertiary/aromatic N) is 2. The molecular weight excluding hydrogens is 807 g/mol. The zero-order valence-electron chi connectivity index (χ0n) is 35.7. The van der Waals surface area contributed by atoms with E-state index in [9.17, 15) is 19.2 Å². The van der Waals surface area contributed by atoms with Crippen molar-refractivity contribution in [2.45, 2.75) is 71.7 Å². The number of carbonyl (C=O) groups is 4. The monoisotopic (exact) mass is 855 g/mol. The number of esters is 4. The highest BCUT2D eigenvalue weighted by Crippen LogP contribution is 2.30. The van der Waals surface area contributed by atoms with Gasteiger partial charge in [0, 0.05) is 24.1 Å². The fourth-order valence-corrected chi connectivity index (χ4v) is 6.95. The molecule has 0 fully saturated rings. The second-order valence-electron chi connectivity index (χ2n) is 16.2. The maximum atomic E-state index is 13.3. The van der Waals surface area contributed by atoms with Gasteiger partial charge in [0.15, 0.2) is 0 Å². The first-order valence-corrected chi connectivity index (χ1v) is 20.3. The third-order valence-corrected chi connectivity index (χ3v) is 9.37. The largest absolute Gasteiger partial charge is 0.488 e. The van der Waals surface area contributed by atoms with E-state index in [2.05, 4.69) is 28.7 Å². The van der Waals surface area contributed by atoms with Crippen LogP contribution < -0.4 is 14.9 Å². The number of thiazole rings is 1. The molecule has 0 saturated heterocycles. The minimum Gasteiger partial charge on any atom is -0.488 e. The van der Waals surface area contributed by atoms with Crippen molar-refractivity contribution in [3.8, 4) is 11.5 Å². The zero-order chi connectivity index (χ0) is 45.1. The van der Waals surface area contributed by atoms with Gasteiger partial charge in [-0.2, -0.15) is 5.10 Å². The third-order valence-electron chi connectivity index (χ3n) is 8.43. The van der Waals surface area contributed by atoms with E-state index < -0.39 is 40.7 Å². The van der Waals surface area contributed by atoms with E-state index in [1.54, 1.807) is 101 Å². The molecule has 0 spiro atoms. The highest BCUT2D eigenvalue weighted by Gasteiger charge is 2.33. The van der Waals surface area contributed by atoms with Gasteiger partial charge in [-0.15, -0.1) is 0 Å². The molecule has 62 heavy (non-hydrogen) atoms. The van der Waals surface area contributed by atoms with Gasteiger partial charge in [0.2, 0.25) is 5.13 Å². The van der Waals surface area contributed by atoms with Crippen molar-refractivity contribution in [2.24, 2.45) is 5.10 Å². The number of ether oxygens (including phenoxy) is 5. The number of aromatic nitrogens is 1. The summed E-state index contributed by atoms with van der Waals surface area (Å²) in [6.45, 7) is 20.2. The lowest BCUT2D eigenvalue weighted by molar-refractivity contribution is -0.155. The van der Waals surface area contributed by atoms with Gasteiger partial charge in [0.1, 0.15) is 34.1 Å². The quantitative estimate of drug-likeness (QED) is 0.0181. The molecule has 0 amide bonds. The van der Waals surface area contributed by atoms with Crippen LogP contribution >= 0.6 is 11.3 Å². The van der Waals surface area contributed by atoms with Crippen LogP contribution in [0.25, 0.3) is 22.4 Å². The number of allylic oxidation sites excluding steroid dienone is 1. The molecule has 0 unspecified atom stereocenters. The zero-order valence-corrected chi connectivity index (χ0v) is 36.5. The number of fused-ring (bicyclic) bond motifs is 1. The summed E-state index contributed by atoms with van der Waals surface area (Å²) in [4.78, 5) is 54.9. The number of hydrogen-bond donors (Lipinski definition) is 1. The Morgan fingerprint density at radius 3 is 1.94 bits per heavy atom. The molecule has 12 nitrogen and oxygen atoms in total. The molecule has 0 bridgehead atoms. The van der Waals surface area contributed by atoms with Gasteiger partial charge in [0.05, 0.1) is 27.6 Å². The Hall–Kier alpha value is -7.12. The number of benzene rings is 4. The molecule has 0 atom stereocenters. The highest BCUT2D eigenvalue weighted by atomic mass is 32.1. The molecule has 0 aliphatic heterocycles. The topological polar surface area (TPSA) is 152 Å². The van der Waals surface area contributed by atoms with E-state index >= 15 is 0 Å². The van der Waals surface area contributed by atoms with Gasteiger partial charge in [-0.05, 0) is 126 Å². The lowest BCUT2D eigenvalue weighted by atomic mass is 9.92. The van der Waals surface area contributed by atoms with Gasteiger partial charge in [-0.25, -0.2) is 24.2 Å². The van der Waals surface area contributed by atoms with E-state index in [0.717, 1.165) is 21.9 Å². The second kappa shape index (κ2) is 20.0. The SMILES string of the molecule is C=CC(=O)OC(C)(C)CC(C)(C)OC(=C)/C=C/c1ccc(C(=O)Oc2ccc(OC(=O)c3ccc(/C=C/C(=O)OC(C)(C)C)cc3)c(/C=N/Nc3nc4ccccc4s3)c2)cc1. The van der Waals surface area contributed by atoms with Crippen molar-refractivity contribution in [2.75, 3.05) is 5.43 Å². The summed E-state index contributed by atoms with van der Waals surface area (Å²) < 4.78 is 29.3. The van der Waals surface area contributed by atoms with Crippen molar-refractivity contribution in [3.05, 3.63) is 156 Å². The Bertz CT molecular complexity index is 2510. The molecule has 0 aliphatic carbocycles. The van der Waals surface area contributed by atoms with Crippen molar-refractivity contribution in [3.63, 3.8) is 0 Å². The fourth-order valence-electron chi connectivity index (χ4n) is 6.14. The normalized spacial score (nSPS) is 12.0. The van der Waals surface area contributed by atoms with Crippen LogP contribution in [0.3, 0.4) is 0 Å². The van der Waals surface area contributed by atoms with Crippen molar-refractivity contribution in [1.29, 1.82) is 0 Å². The van der Waals surface area contributed by atoms with E-state index in [1.807, 2.05) is 38.1 Å². The van der Waals surface area contributed by atoms with Gasteiger partial charge in [-0.3, -0.25) is 5.43 Å². The number of hydrazone groups is 1. The van der Waals surface area contributed by atoms with Crippen molar-refractivity contribution >= 4 is 68.9 Å². The molecule has 320 valence electrons. The van der Waals surface area contributed by atoms with E-state index in [-0.39, 0.29) is 17.1 Å². The Morgan fingerprint density at radius 2 is 1.32 bits per heavy atom. The molecule has 0 saturated carbocycles. The summed E-state index contributed by atoms with van der Waals surface area (Å²) in [5, 5.41) is 4.89. The van der Waals surface area contributed by atoms with Crippen molar-refractivity contribution < 1.29 is 42.9 Å². The molecule has 5 rings (SSSR count). The van der Waals surface area contributed by atoms with E-state index in [4.69, 9.17) is 23.7 Å². The summed E-state index contributed by atoms with van der Waals surface area (Å²) in [5.74, 6) is -1.51. The van der Waals surface area contributed by atoms with Crippen LogP contribution in [-0.4, -0.2) is 51.9 Å². The van der Waals surface area contributed by atoms with Crippen LogP contribution in [-0.2, 0) is 23.8 Å². The number of para-hydroxylation sites is 1.